The predicted octanol–water partition coefficient (Wildman–Crippen LogP) is 0.896. The van der Waals surface area contributed by atoms with Crippen molar-refractivity contribution in [3.63, 3.8) is 0 Å². The number of ether oxygens (including phenoxy) is 4. The summed E-state index contributed by atoms with van der Waals surface area (Å²) in [5.74, 6) is -0.996. The number of aromatic amines is 1. The lowest BCUT2D eigenvalue weighted by molar-refractivity contribution is -0.0619. The average molecular weight is 809 g/mol. The van der Waals surface area contributed by atoms with E-state index in [2.05, 4.69) is 29.9 Å². The Morgan fingerprint density at radius 1 is 1.04 bits per heavy atom. The minimum absolute atomic E-state index is 0.0146. The molecule has 7 rings (SSSR count). The van der Waals surface area contributed by atoms with Crippen molar-refractivity contribution < 1.29 is 65.4 Å². The Morgan fingerprint density at radius 3 is 2.49 bits per heavy atom. The third kappa shape index (κ3) is 7.49. The van der Waals surface area contributed by atoms with Crippen LogP contribution in [0.2, 0.25) is 0 Å². The number of aliphatic hydroxyl groups is 1. The zero-order valence-electron chi connectivity index (χ0n) is 27.3. The Balaban J connectivity index is 1.23. The van der Waals surface area contributed by atoms with Gasteiger partial charge in [-0.25, -0.2) is 38.3 Å². The molecule has 288 valence electrons. The van der Waals surface area contributed by atoms with Crippen LogP contribution >= 0.6 is 26.0 Å². The maximum Gasteiger partial charge on any atom is 0.509 e. The number of aromatic nitrogens is 8. The number of anilines is 2. The fourth-order valence-electron chi connectivity index (χ4n) is 5.69. The molecule has 4 aromatic rings. The molecule has 53 heavy (non-hydrogen) atoms. The summed E-state index contributed by atoms with van der Waals surface area (Å²) < 4.78 is 90.2. The van der Waals surface area contributed by atoms with Gasteiger partial charge in [-0.2, -0.15) is 4.98 Å². The van der Waals surface area contributed by atoms with Crippen molar-refractivity contribution in [1.29, 1.82) is 0 Å². The smallest absolute Gasteiger partial charge is 0.432 e. The minimum Gasteiger partial charge on any atom is -0.432 e. The largest absolute Gasteiger partial charge is 0.509 e. The number of halogens is 1. The maximum atomic E-state index is 16.3. The van der Waals surface area contributed by atoms with E-state index in [0.717, 1.165) is 28.1 Å². The Kier molecular flexibility index (Phi) is 10.2. The molecule has 0 saturated carbocycles. The zero-order chi connectivity index (χ0) is 37.8. The number of imidazole rings is 2. The summed E-state index contributed by atoms with van der Waals surface area (Å²) in [6.07, 6.45) is -12.1. The molecule has 0 aromatic carbocycles. The van der Waals surface area contributed by atoms with Crippen molar-refractivity contribution in [3.8, 4) is 0 Å². The van der Waals surface area contributed by atoms with Gasteiger partial charge >= 0.3 is 20.8 Å². The van der Waals surface area contributed by atoms with Gasteiger partial charge in [0.1, 0.15) is 42.4 Å². The van der Waals surface area contributed by atoms with Gasteiger partial charge in [-0.1, -0.05) is 0 Å². The lowest BCUT2D eigenvalue weighted by Gasteiger charge is -2.27. The molecule has 10 atom stereocenters. The van der Waals surface area contributed by atoms with Crippen LogP contribution in [0.3, 0.4) is 0 Å². The summed E-state index contributed by atoms with van der Waals surface area (Å²) in [5, 5.41) is 11.4. The van der Waals surface area contributed by atoms with Gasteiger partial charge in [-0.05, 0) is 13.8 Å². The number of phosphoric acid groups is 1. The third-order valence-corrected chi connectivity index (χ3v) is 12.3. The predicted molar refractivity (Wildman–Crippen MR) is 175 cm³/mol. The maximum absolute atomic E-state index is 16.3. The van der Waals surface area contributed by atoms with E-state index in [9.17, 15) is 28.7 Å². The van der Waals surface area contributed by atoms with Crippen LogP contribution in [0.4, 0.5) is 21.0 Å². The first-order valence-electron chi connectivity index (χ1n) is 15.5. The highest BCUT2D eigenvalue weighted by Crippen LogP contribution is 2.64. The number of aliphatic hydroxyl groups excluding tert-OH is 1. The highest BCUT2D eigenvalue weighted by Gasteiger charge is 2.55. The minimum atomic E-state index is -5.20. The molecule has 7 N–H and O–H groups in total. The SMILES string of the molecule is CC(C)OC(=O)OCSP1(=O)OC[C@H]2O[C@@H](n3cnc4c(N)ncnc43)C(F)C2OP(=O)(O)OC[C@H]2O[C@@H](n3cnc4c(=O)[nH]c(N)nc43)C(O1)C2O. The molecule has 0 amide bonds. The average Bonchev–Trinajstić information content (AvgIpc) is 3.84. The molecule has 3 aliphatic rings. The molecule has 0 radical (unpaired) electrons. The number of phosphoric ester groups is 1. The molecule has 0 spiro atoms. The van der Waals surface area contributed by atoms with E-state index < -0.39 is 101 Å². The van der Waals surface area contributed by atoms with Gasteiger partial charge < -0.3 is 40.4 Å². The van der Waals surface area contributed by atoms with Crippen LogP contribution < -0.4 is 17.0 Å². The Hall–Kier alpha value is -3.81. The van der Waals surface area contributed by atoms with Gasteiger partial charge in [-0.3, -0.25) is 37.0 Å². The molecular weight excluding hydrogens is 777 g/mol. The number of nitrogens with one attached hydrogen (secondary N) is 1. The van der Waals surface area contributed by atoms with Crippen LogP contribution in [-0.2, 0) is 46.2 Å². The van der Waals surface area contributed by atoms with E-state index in [0.29, 0.717) is 11.4 Å². The van der Waals surface area contributed by atoms with Gasteiger partial charge in [0, 0.05) is 11.4 Å². The fraction of sp³-hybridized carbons (Fsp3) is 0.560. The summed E-state index contributed by atoms with van der Waals surface area (Å²) in [6, 6.07) is 0. The van der Waals surface area contributed by atoms with Gasteiger partial charge in [-0.15, -0.1) is 0 Å². The topological polar surface area (TPSA) is 325 Å². The van der Waals surface area contributed by atoms with E-state index >= 15 is 4.39 Å². The molecular formula is C25H31FN10O14P2S. The summed E-state index contributed by atoms with van der Waals surface area (Å²) >= 11 is 0.330. The molecule has 3 fully saturated rings. The van der Waals surface area contributed by atoms with E-state index in [-0.39, 0.29) is 34.1 Å². The van der Waals surface area contributed by atoms with Crippen LogP contribution in [-0.4, -0.2) is 117 Å². The van der Waals surface area contributed by atoms with E-state index in [1.54, 1.807) is 13.8 Å². The van der Waals surface area contributed by atoms with Crippen molar-refractivity contribution in [2.45, 2.75) is 69.1 Å². The summed E-state index contributed by atoms with van der Waals surface area (Å²) in [5.41, 5.74) is 10.7. The third-order valence-electron chi connectivity index (χ3n) is 7.99. The van der Waals surface area contributed by atoms with Gasteiger partial charge in [0.15, 0.2) is 47.2 Å². The highest BCUT2D eigenvalue weighted by atomic mass is 32.7. The van der Waals surface area contributed by atoms with Crippen LogP contribution in [0.5, 0.6) is 0 Å². The summed E-state index contributed by atoms with van der Waals surface area (Å²) in [6.45, 7) is -3.25. The second-order valence-corrected chi connectivity index (χ2v) is 17.3. The highest BCUT2D eigenvalue weighted by molar-refractivity contribution is 8.55. The molecule has 3 aliphatic heterocycles. The summed E-state index contributed by atoms with van der Waals surface area (Å²) in [7, 11) is -5.20. The number of alkyl halides is 1. The second-order valence-electron chi connectivity index (χ2n) is 11.9. The molecule has 2 bridgehead atoms. The number of fused-ring (bicyclic) bond motifs is 5. The number of hydrogen-bond donors (Lipinski definition) is 5. The molecule has 24 nitrogen and oxygen atoms in total. The number of nitrogens with two attached hydrogens (primary N) is 2. The first-order valence-corrected chi connectivity index (χ1v) is 20.1. The molecule has 0 aliphatic carbocycles. The molecule has 7 heterocycles. The van der Waals surface area contributed by atoms with E-state index in [1.807, 2.05) is 0 Å². The normalized spacial score (nSPS) is 33.7. The second kappa shape index (κ2) is 14.4. The summed E-state index contributed by atoms with van der Waals surface area (Å²) in [4.78, 5) is 57.7. The monoisotopic (exact) mass is 808 g/mol. The number of nitrogens with zero attached hydrogens (tertiary/aromatic N) is 7. The number of nitrogen functional groups attached to an aromatic ring is 2. The Labute approximate surface area is 299 Å². The van der Waals surface area contributed by atoms with Crippen LogP contribution in [0.1, 0.15) is 26.3 Å². The molecule has 6 unspecified atom stereocenters. The number of hydrogen-bond acceptors (Lipinski definition) is 21. The number of H-pyrrole nitrogens is 1. The van der Waals surface area contributed by atoms with Crippen LogP contribution in [0.15, 0.2) is 23.8 Å². The van der Waals surface area contributed by atoms with Crippen molar-refractivity contribution in [2.75, 3.05) is 30.6 Å². The standard InChI is InChI=1S/C25H31FN10O14P2S/c1-9(2)46-25(39)43-8-53-52(42)45-4-11-16(12(26)22(48-11)35-6-31-13-18(27)29-5-30-19(13)35)49-51(40,41)44-3-10-15(37)17(50-52)23(47-10)36-7-32-14-20(36)33-24(28)34-21(14)38/h5-7,9-12,15-17,22-23,37H,3-4,8H2,1-2H3,(H,40,41)(H2,27,29,30)(H3,28,33,34,38)/t10-,11-,12?,15?,16?,17?,22-,23-,52?/m1/s1. The first kappa shape index (κ1) is 37.5. The van der Waals surface area contributed by atoms with Crippen LogP contribution in [0, 0.1) is 0 Å². The van der Waals surface area contributed by atoms with Crippen LogP contribution in [0.25, 0.3) is 22.3 Å². The van der Waals surface area contributed by atoms with Crippen molar-refractivity contribution in [2.24, 2.45) is 0 Å². The molecule has 28 heteroatoms. The Bertz CT molecular complexity index is 2180. The van der Waals surface area contributed by atoms with Crippen molar-refractivity contribution in [1.82, 2.24) is 39.0 Å². The van der Waals surface area contributed by atoms with Gasteiger partial charge in [0.2, 0.25) is 5.95 Å². The Morgan fingerprint density at radius 2 is 1.74 bits per heavy atom. The van der Waals surface area contributed by atoms with Gasteiger partial charge in [0.25, 0.3) is 5.56 Å². The zero-order valence-corrected chi connectivity index (χ0v) is 29.9. The van der Waals surface area contributed by atoms with E-state index in [1.165, 1.54) is 0 Å². The van der Waals surface area contributed by atoms with Crippen molar-refractivity contribution in [3.05, 3.63) is 29.3 Å². The molecule has 3 saturated heterocycles. The lowest BCUT2D eigenvalue weighted by atomic mass is 10.1. The lowest BCUT2D eigenvalue weighted by Crippen LogP contribution is -2.35. The number of rotatable bonds is 6. The first-order chi connectivity index (χ1) is 25.1. The van der Waals surface area contributed by atoms with Gasteiger partial charge in [0.05, 0.1) is 32.0 Å². The number of carbonyl (C=O) groups is 1. The number of carbonyl (C=O) groups excluding carboxylic acids is 1. The van der Waals surface area contributed by atoms with Crippen molar-refractivity contribution >= 4 is 66.3 Å². The quantitative estimate of drug-likeness (QED) is 0.103. The fourth-order valence-corrected chi connectivity index (χ4v) is 9.41. The molecule has 4 aromatic heterocycles. The van der Waals surface area contributed by atoms with E-state index in [4.69, 9.17) is 48.5 Å².